The maximum atomic E-state index is 3.48. The highest BCUT2D eigenvalue weighted by Crippen LogP contribution is 1.87. The molecule has 1 radical (unpaired) electrons. The van der Waals surface area contributed by atoms with Gasteiger partial charge in [0.15, 0.2) is 0 Å². The highest BCUT2D eigenvalue weighted by Gasteiger charge is 1.98. The zero-order valence-corrected chi connectivity index (χ0v) is 7.99. The van der Waals surface area contributed by atoms with Crippen molar-refractivity contribution in [2.75, 3.05) is 6.17 Å². The molecular weight excluding hydrogens is 126 g/mol. The van der Waals surface area contributed by atoms with Gasteiger partial charge in [0.2, 0.25) is 0 Å². The van der Waals surface area contributed by atoms with E-state index in [2.05, 4.69) is 32.3 Å². The van der Waals surface area contributed by atoms with Crippen molar-refractivity contribution in [3.05, 3.63) is 0 Å². The first kappa shape index (κ1) is 9.18. The molecule has 1 atom stereocenters. The topological polar surface area (TPSA) is 12.0 Å². The van der Waals surface area contributed by atoms with Crippen LogP contribution in [-0.2, 0) is 0 Å². The molecule has 0 fully saturated rings. The Morgan fingerprint density at radius 1 is 1.44 bits per heavy atom. The summed E-state index contributed by atoms with van der Waals surface area (Å²) in [5.74, 6) is 0. The van der Waals surface area contributed by atoms with E-state index in [0.717, 1.165) is 0 Å². The quantitative estimate of drug-likeness (QED) is 0.592. The maximum absolute atomic E-state index is 3.48. The number of hydrogen-bond acceptors (Lipinski definition) is 1. The Balaban J connectivity index is 3.06. The van der Waals surface area contributed by atoms with Crippen LogP contribution in [0.15, 0.2) is 0 Å². The standard InChI is InChI=1S/C7H18NSi/c1-5-7(2)8-6-9(3)4/h7-8H,5-6H2,1-4H3. The van der Waals surface area contributed by atoms with E-state index in [0.29, 0.717) is 6.04 Å². The Morgan fingerprint density at radius 2 is 2.00 bits per heavy atom. The zero-order chi connectivity index (χ0) is 7.28. The van der Waals surface area contributed by atoms with E-state index in [-0.39, 0.29) is 8.80 Å². The van der Waals surface area contributed by atoms with Gasteiger partial charge in [-0.05, 0) is 19.5 Å². The summed E-state index contributed by atoms with van der Waals surface area (Å²) in [6, 6.07) is 0.713. The van der Waals surface area contributed by atoms with Gasteiger partial charge in [0.25, 0.3) is 0 Å². The minimum absolute atomic E-state index is 0.0508. The average molecular weight is 144 g/mol. The molecule has 0 aliphatic heterocycles. The third kappa shape index (κ3) is 6.06. The van der Waals surface area contributed by atoms with Crippen LogP contribution < -0.4 is 5.32 Å². The van der Waals surface area contributed by atoms with E-state index in [4.69, 9.17) is 0 Å². The second-order valence-corrected chi connectivity index (χ2v) is 5.67. The lowest BCUT2D eigenvalue weighted by Gasteiger charge is -2.11. The van der Waals surface area contributed by atoms with Crippen LogP contribution in [0.4, 0.5) is 0 Å². The summed E-state index contributed by atoms with van der Waals surface area (Å²) < 4.78 is 0. The summed E-state index contributed by atoms with van der Waals surface area (Å²) in [6.45, 7) is 9.13. The summed E-state index contributed by atoms with van der Waals surface area (Å²) in [4.78, 5) is 0. The molecule has 0 aliphatic rings. The van der Waals surface area contributed by atoms with E-state index in [9.17, 15) is 0 Å². The fourth-order valence-corrected chi connectivity index (χ4v) is 1.28. The maximum Gasteiger partial charge on any atom is 0.0581 e. The molecule has 1 unspecified atom stereocenters. The molecule has 0 aromatic heterocycles. The molecule has 0 saturated heterocycles. The molecule has 0 aromatic carbocycles. The predicted octanol–water partition coefficient (Wildman–Crippen LogP) is 1.67. The fourth-order valence-electron chi connectivity index (χ4n) is 0.523. The van der Waals surface area contributed by atoms with Crippen LogP contribution in [-0.4, -0.2) is 21.0 Å². The first-order chi connectivity index (χ1) is 4.16. The molecule has 9 heavy (non-hydrogen) atoms. The molecule has 55 valence electrons. The second-order valence-electron chi connectivity index (χ2n) is 2.90. The van der Waals surface area contributed by atoms with Gasteiger partial charge in [0.1, 0.15) is 0 Å². The van der Waals surface area contributed by atoms with E-state index in [1.54, 1.807) is 0 Å². The van der Waals surface area contributed by atoms with Gasteiger partial charge in [-0.1, -0.05) is 20.0 Å². The van der Waals surface area contributed by atoms with Crippen LogP contribution in [0.5, 0.6) is 0 Å². The van der Waals surface area contributed by atoms with Crippen LogP contribution in [0.25, 0.3) is 0 Å². The third-order valence-corrected chi connectivity index (χ3v) is 2.33. The Bertz CT molecular complexity index is 63.9. The predicted molar refractivity (Wildman–Crippen MR) is 45.2 cm³/mol. The van der Waals surface area contributed by atoms with Crippen LogP contribution >= 0.6 is 0 Å². The van der Waals surface area contributed by atoms with Crippen molar-refractivity contribution < 1.29 is 0 Å². The number of rotatable bonds is 4. The molecule has 1 N–H and O–H groups in total. The van der Waals surface area contributed by atoms with E-state index in [1.807, 2.05) is 0 Å². The molecule has 0 aromatic rings. The Morgan fingerprint density at radius 3 is 2.33 bits per heavy atom. The van der Waals surface area contributed by atoms with Crippen molar-refractivity contribution >= 4 is 8.80 Å². The molecule has 0 amide bonds. The summed E-state index contributed by atoms with van der Waals surface area (Å²) >= 11 is 0. The molecule has 1 nitrogen and oxygen atoms in total. The first-order valence-corrected chi connectivity index (χ1v) is 6.40. The average Bonchev–Trinajstić information content (AvgIpc) is 1.83. The SMILES string of the molecule is CCC(C)NC[Si](C)C. The normalized spacial score (nSPS) is 14.3. The van der Waals surface area contributed by atoms with Gasteiger partial charge < -0.3 is 5.32 Å². The molecule has 0 bridgehead atoms. The van der Waals surface area contributed by atoms with Gasteiger partial charge in [-0.15, -0.1) is 0 Å². The van der Waals surface area contributed by atoms with Crippen molar-refractivity contribution in [2.45, 2.75) is 39.4 Å². The molecule has 0 rings (SSSR count). The Hall–Kier alpha value is 0.177. The molecule has 0 saturated carbocycles. The van der Waals surface area contributed by atoms with E-state index < -0.39 is 0 Å². The monoisotopic (exact) mass is 144 g/mol. The van der Waals surface area contributed by atoms with Crippen LogP contribution in [0.1, 0.15) is 20.3 Å². The summed E-state index contributed by atoms with van der Waals surface area (Å²) in [5, 5.41) is 3.48. The zero-order valence-electron chi connectivity index (χ0n) is 6.99. The fraction of sp³-hybridized carbons (Fsp3) is 1.00. The van der Waals surface area contributed by atoms with Crippen molar-refractivity contribution in [3.8, 4) is 0 Å². The molecule has 0 heterocycles. The van der Waals surface area contributed by atoms with Gasteiger partial charge >= 0.3 is 0 Å². The molecular formula is C7H18NSi. The molecule has 0 aliphatic carbocycles. The van der Waals surface area contributed by atoms with Crippen molar-refractivity contribution in [2.24, 2.45) is 0 Å². The van der Waals surface area contributed by atoms with Gasteiger partial charge in [0, 0.05) is 6.04 Å². The Kier molecular flexibility index (Phi) is 5.10. The second kappa shape index (κ2) is 5.00. The largest absolute Gasteiger partial charge is 0.317 e. The summed E-state index contributed by atoms with van der Waals surface area (Å²) in [7, 11) is -0.0508. The molecule has 0 spiro atoms. The van der Waals surface area contributed by atoms with Crippen LogP contribution in [0, 0.1) is 0 Å². The van der Waals surface area contributed by atoms with Crippen molar-refractivity contribution in [1.82, 2.24) is 5.32 Å². The van der Waals surface area contributed by atoms with Gasteiger partial charge in [-0.25, -0.2) is 0 Å². The van der Waals surface area contributed by atoms with Gasteiger partial charge in [-0.2, -0.15) is 0 Å². The Labute approximate surface area is 60.5 Å². The lowest BCUT2D eigenvalue weighted by atomic mass is 10.3. The first-order valence-electron chi connectivity index (χ1n) is 3.69. The highest BCUT2D eigenvalue weighted by atomic mass is 28.3. The van der Waals surface area contributed by atoms with Crippen LogP contribution in [0.3, 0.4) is 0 Å². The highest BCUT2D eigenvalue weighted by molar-refractivity contribution is 6.55. The van der Waals surface area contributed by atoms with Crippen molar-refractivity contribution in [3.63, 3.8) is 0 Å². The van der Waals surface area contributed by atoms with Gasteiger partial charge in [-0.3, -0.25) is 0 Å². The van der Waals surface area contributed by atoms with Crippen molar-refractivity contribution in [1.29, 1.82) is 0 Å². The smallest absolute Gasteiger partial charge is 0.0581 e. The summed E-state index contributed by atoms with van der Waals surface area (Å²) in [6.07, 6.45) is 2.49. The minimum atomic E-state index is -0.0508. The lowest BCUT2D eigenvalue weighted by molar-refractivity contribution is 0.577. The van der Waals surface area contributed by atoms with Gasteiger partial charge in [0.05, 0.1) is 8.80 Å². The molecule has 2 heteroatoms. The number of hydrogen-bond donors (Lipinski definition) is 1. The van der Waals surface area contributed by atoms with Crippen LogP contribution in [0.2, 0.25) is 13.1 Å². The van der Waals surface area contributed by atoms with E-state index >= 15 is 0 Å². The summed E-state index contributed by atoms with van der Waals surface area (Å²) in [5.41, 5.74) is 0. The third-order valence-electron chi connectivity index (χ3n) is 1.42. The number of nitrogens with one attached hydrogen (secondary N) is 1. The lowest BCUT2D eigenvalue weighted by Crippen LogP contribution is -2.32. The minimum Gasteiger partial charge on any atom is -0.317 e. The van der Waals surface area contributed by atoms with E-state index in [1.165, 1.54) is 12.6 Å².